The van der Waals surface area contributed by atoms with Gasteiger partial charge >= 0.3 is 0 Å². The number of imidazole rings is 1. The molecule has 0 unspecified atom stereocenters. The summed E-state index contributed by atoms with van der Waals surface area (Å²) in [7, 11) is 2.03. The molecule has 2 aromatic rings. The van der Waals surface area contributed by atoms with E-state index in [1.54, 1.807) is 0 Å². The Labute approximate surface area is 118 Å². The predicted molar refractivity (Wildman–Crippen MR) is 78.7 cm³/mol. The summed E-state index contributed by atoms with van der Waals surface area (Å²) < 4.78 is 10.8. The molecule has 19 heavy (non-hydrogen) atoms. The van der Waals surface area contributed by atoms with Gasteiger partial charge in [0, 0.05) is 20.1 Å². The van der Waals surface area contributed by atoms with Crippen LogP contribution in [0.25, 0.3) is 11.0 Å². The number of benzene rings is 1. The summed E-state index contributed by atoms with van der Waals surface area (Å²) in [6.07, 6.45) is 0.304. The number of hydrogen-bond donors (Lipinski definition) is 0. The van der Waals surface area contributed by atoms with Gasteiger partial charge in [0.15, 0.2) is 4.77 Å². The smallest absolute Gasteiger partial charge is 0.181 e. The molecule has 0 saturated carbocycles. The molecule has 5 heteroatoms. The zero-order valence-electron chi connectivity index (χ0n) is 11.4. The van der Waals surface area contributed by atoms with E-state index < -0.39 is 0 Å². The molecule has 2 heterocycles. The average molecular weight is 277 g/mol. The van der Waals surface area contributed by atoms with Gasteiger partial charge in [-0.3, -0.25) is 4.90 Å². The van der Waals surface area contributed by atoms with Gasteiger partial charge in [0.25, 0.3) is 0 Å². The van der Waals surface area contributed by atoms with E-state index in [1.807, 2.05) is 7.05 Å². The van der Waals surface area contributed by atoms with Crippen LogP contribution in [-0.2, 0) is 18.5 Å². The van der Waals surface area contributed by atoms with Crippen molar-refractivity contribution in [1.82, 2.24) is 14.0 Å². The van der Waals surface area contributed by atoms with Gasteiger partial charge in [-0.2, -0.15) is 0 Å². The van der Waals surface area contributed by atoms with Gasteiger partial charge in [-0.25, -0.2) is 0 Å². The standard InChI is InChI=1S/C14H19N3OS/c1-11-9-16(7-8-18-11)10-17-13-6-4-3-5-12(13)15(2)14(17)19/h3-6,11H,7-10H2,1-2H3/t11-/m1/s1. The maximum atomic E-state index is 5.59. The summed E-state index contributed by atoms with van der Waals surface area (Å²) in [6, 6.07) is 8.37. The number of aromatic nitrogens is 2. The number of rotatable bonds is 2. The normalized spacial score (nSPS) is 21.1. The number of hydrogen-bond acceptors (Lipinski definition) is 3. The molecule has 4 nitrogen and oxygen atoms in total. The molecule has 1 atom stereocenters. The molecule has 0 aliphatic carbocycles. The highest BCUT2D eigenvalue weighted by Gasteiger charge is 2.18. The number of aryl methyl sites for hydroxylation is 1. The van der Waals surface area contributed by atoms with Gasteiger partial charge in [-0.15, -0.1) is 0 Å². The van der Waals surface area contributed by atoms with Gasteiger partial charge in [0.05, 0.1) is 30.4 Å². The second-order valence-electron chi connectivity index (χ2n) is 5.16. The second kappa shape index (κ2) is 5.07. The fourth-order valence-corrected chi connectivity index (χ4v) is 2.97. The topological polar surface area (TPSA) is 22.3 Å². The molecule has 1 aromatic carbocycles. The second-order valence-corrected chi connectivity index (χ2v) is 5.52. The van der Waals surface area contributed by atoms with Crippen LogP contribution < -0.4 is 0 Å². The molecule has 1 aromatic heterocycles. The average Bonchev–Trinajstić information content (AvgIpc) is 2.65. The third kappa shape index (κ3) is 2.33. The lowest BCUT2D eigenvalue weighted by molar-refractivity contribution is -0.0287. The van der Waals surface area contributed by atoms with E-state index in [9.17, 15) is 0 Å². The Bertz CT molecular complexity index is 646. The molecule has 0 bridgehead atoms. The van der Waals surface area contributed by atoms with Crippen molar-refractivity contribution in [2.75, 3.05) is 19.7 Å². The highest BCUT2D eigenvalue weighted by atomic mass is 32.1. The van der Waals surface area contributed by atoms with Crippen LogP contribution in [-0.4, -0.2) is 39.8 Å². The van der Waals surface area contributed by atoms with Crippen molar-refractivity contribution in [2.45, 2.75) is 19.7 Å². The molecular formula is C14H19N3OS. The van der Waals surface area contributed by atoms with Crippen molar-refractivity contribution in [3.05, 3.63) is 29.0 Å². The van der Waals surface area contributed by atoms with Crippen LogP contribution in [0.5, 0.6) is 0 Å². The van der Waals surface area contributed by atoms with E-state index in [2.05, 4.69) is 45.2 Å². The predicted octanol–water partition coefficient (Wildman–Crippen LogP) is 2.39. The Balaban J connectivity index is 1.96. The van der Waals surface area contributed by atoms with E-state index in [-0.39, 0.29) is 0 Å². The Hall–Kier alpha value is -1.17. The highest BCUT2D eigenvalue weighted by molar-refractivity contribution is 7.71. The van der Waals surface area contributed by atoms with Crippen molar-refractivity contribution < 1.29 is 4.74 Å². The lowest BCUT2D eigenvalue weighted by Crippen LogP contribution is -2.41. The molecule has 1 saturated heterocycles. The third-order valence-electron chi connectivity index (χ3n) is 3.72. The van der Waals surface area contributed by atoms with E-state index in [0.717, 1.165) is 31.1 Å². The van der Waals surface area contributed by atoms with Gasteiger partial charge in [0.1, 0.15) is 0 Å². The van der Waals surface area contributed by atoms with Crippen molar-refractivity contribution in [2.24, 2.45) is 7.05 Å². The van der Waals surface area contributed by atoms with E-state index in [1.165, 1.54) is 11.0 Å². The molecule has 102 valence electrons. The lowest BCUT2D eigenvalue weighted by atomic mass is 10.3. The highest BCUT2D eigenvalue weighted by Crippen LogP contribution is 2.18. The molecule has 0 amide bonds. The van der Waals surface area contributed by atoms with Crippen molar-refractivity contribution in [3.8, 4) is 0 Å². The number of nitrogens with zero attached hydrogens (tertiary/aromatic N) is 3. The molecule has 1 aliphatic rings. The summed E-state index contributed by atoms with van der Waals surface area (Å²) >= 11 is 5.56. The zero-order chi connectivity index (χ0) is 13.4. The van der Waals surface area contributed by atoms with Crippen molar-refractivity contribution >= 4 is 23.3 Å². The first kappa shape index (κ1) is 12.8. The van der Waals surface area contributed by atoms with Crippen LogP contribution in [0.2, 0.25) is 0 Å². The summed E-state index contributed by atoms with van der Waals surface area (Å²) in [5, 5.41) is 0. The van der Waals surface area contributed by atoms with Crippen LogP contribution in [0.15, 0.2) is 24.3 Å². The minimum Gasteiger partial charge on any atom is -0.376 e. The first-order valence-corrected chi connectivity index (χ1v) is 7.06. The maximum Gasteiger partial charge on any atom is 0.181 e. The molecule has 0 spiro atoms. The monoisotopic (exact) mass is 277 g/mol. The van der Waals surface area contributed by atoms with Gasteiger partial charge in [0.2, 0.25) is 0 Å². The molecule has 0 N–H and O–H groups in total. The third-order valence-corrected chi connectivity index (χ3v) is 4.21. The van der Waals surface area contributed by atoms with E-state index in [0.29, 0.717) is 6.10 Å². The Morgan fingerprint density at radius 1 is 1.32 bits per heavy atom. The summed E-state index contributed by atoms with van der Waals surface area (Å²) in [4.78, 5) is 2.40. The fraction of sp³-hybridized carbons (Fsp3) is 0.500. The first-order valence-electron chi connectivity index (χ1n) is 6.65. The number of morpholine rings is 1. The largest absolute Gasteiger partial charge is 0.376 e. The molecule has 0 radical (unpaired) electrons. The number of para-hydroxylation sites is 2. The lowest BCUT2D eigenvalue weighted by Gasteiger charge is -2.31. The minimum atomic E-state index is 0.304. The van der Waals surface area contributed by atoms with Crippen LogP contribution in [0.3, 0.4) is 0 Å². The molecule has 1 aliphatic heterocycles. The number of fused-ring (bicyclic) bond motifs is 1. The zero-order valence-corrected chi connectivity index (χ0v) is 12.2. The maximum absolute atomic E-state index is 5.59. The van der Waals surface area contributed by atoms with Crippen LogP contribution in [0.4, 0.5) is 0 Å². The van der Waals surface area contributed by atoms with Gasteiger partial charge in [-0.1, -0.05) is 12.1 Å². The first-order chi connectivity index (χ1) is 9.16. The van der Waals surface area contributed by atoms with E-state index >= 15 is 0 Å². The van der Waals surface area contributed by atoms with Crippen LogP contribution >= 0.6 is 12.2 Å². The van der Waals surface area contributed by atoms with E-state index in [4.69, 9.17) is 17.0 Å². The van der Waals surface area contributed by atoms with Crippen LogP contribution in [0.1, 0.15) is 6.92 Å². The Morgan fingerprint density at radius 2 is 2.05 bits per heavy atom. The summed E-state index contributed by atoms with van der Waals surface area (Å²) in [5.74, 6) is 0. The Morgan fingerprint density at radius 3 is 2.79 bits per heavy atom. The quantitative estimate of drug-likeness (QED) is 0.787. The Kier molecular flexibility index (Phi) is 3.43. The molecule has 3 rings (SSSR count). The summed E-state index contributed by atoms with van der Waals surface area (Å²) in [6.45, 7) is 5.70. The van der Waals surface area contributed by atoms with Gasteiger partial charge in [-0.05, 0) is 31.3 Å². The van der Waals surface area contributed by atoms with Crippen molar-refractivity contribution in [3.63, 3.8) is 0 Å². The van der Waals surface area contributed by atoms with Gasteiger partial charge < -0.3 is 13.9 Å². The summed E-state index contributed by atoms with van der Waals surface area (Å²) in [5.41, 5.74) is 2.39. The number of ether oxygens (including phenoxy) is 1. The fourth-order valence-electron chi connectivity index (χ4n) is 2.72. The van der Waals surface area contributed by atoms with Crippen molar-refractivity contribution in [1.29, 1.82) is 0 Å². The minimum absolute atomic E-state index is 0.304. The molecule has 1 fully saturated rings. The molecular weight excluding hydrogens is 258 g/mol. The SMILES string of the molecule is C[C@@H]1CN(Cn2c(=S)n(C)c3ccccc32)CCO1. The van der Waals surface area contributed by atoms with Crippen LogP contribution in [0, 0.1) is 4.77 Å².